The van der Waals surface area contributed by atoms with Crippen LogP contribution in [0.3, 0.4) is 0 Å². The first-order valence-corrected chi connectivity index (χ1v) is 10.1. The summed E-state index contributed by atoms with van der Waals surface area (Å²) < 4.78 is 11.7. The normalized spacial score (nSPS) is 35.0. The van der Waals surface area contributed by atoms with Gasteiger partial charge in [-0.3, -0.25) is 9.59 Å². The molecule has 6 unspecified atom stereocenters. The quantitative estimate of drug-likeness (QED) is 0.854. The number of rotatable bonds is 3. The fourth-order valence-corrected chi connectivity index (χ4v) is 4.85. The van der Waals surface area contributed by atoms with E-state index < -0.39 is 6.10 Å². The molecule has 146 valence electrons. The van der Waals surface area contributed by atoms with E-state index in [2.05, 4.69) is 17.6 Å². The molecule has 2 aliphatic heterocycles. The molecule has 0 aromatic heterocycles. The van der Waals surface area contributed by atoms with Gasteiger partial charge in [-0.2, -0.15) is 0 Å². The lowest BCUT2D eigenvalue weighted by atomic mass is 9.70. The van der Waals surface area contributed by atoms with Crippen molar-refractivity contribution < 1.29 is 19.1 Å². The molecular weight excluding hydrogens is 344 g/mol. The maximum absolute atomic E-state index is 12.8. The Hall–Kier alpha value is -2.24. The summed E-state index contributed by atoms with van der Waals surface area (Å²) in [5.74, 6) is 2.27. The highest BCUT2D eigenvalue weighted by molar-refractivity contribution is 5.82. The fourth-order valence-electron chi connectivity index (χ4n) is 4.85. The molecule has 6 nitrogen and oxygen atoms in total. The third kappa shape index (κ3) is 3.62. The Balaban J connectivity index is 1.38. The summed E-state index contributed by atoms with van der Waals surface area (Å²) in [5, 5.41) is 6.28. The summed E-state index contributed by atoms with van der Waals surface area (Å²) in [6.07, 6.45) is 3.43. The van der Waals surface area contributed by atoms with Gasteiger partial charge in [0.2, 0.25) is 12.0 Å². The van der Waals surface area contributed by atoms with E-state index in [-0.39, 0.29) is 30.0 Å². The van der Waals surface area contributed by atoms with Crippen molar-refractivity contribution in [3.05, 3.63) is 24.3 Å². The topological polar surface area (TPSA) is 76.7 Å². The Bertz CT molecular complexity index is 722. The second-order valence-electron chi connectivity index (χ2n) is 8.04. The first kappa shape index (κ1) is 18.1. The predicted molar refractivity (Wildman–Crippen MR) is 101 cm³/mol. The van der Waals surface area contributed by atoms with E-state index in [1.807, 2.05) is 31.2 Å². The molecule has 2 fully saturated rings. The van der Waals surface area contributed by atoms with Gasteiger partial charge in [0.1, 0.15) is 6.10 Å². The number of hydrogen-bond donors (Lipinski definition) is 2. The minimum absolute atomic E-state index is 0.0580. The fraction of sp³-hybridized carbons (Fsp3) is 0.619. The van der Waals surface area contributed by atoms with Crippen molar-refractivity contribution in [2.75, 3.05) is 0 Å². The molecule has 3 aliphatic rings. The van der Waals surface area contributed by atoms with Gasteiger partial charge in [0.25, 0.3) is 5.91 Å². The van der Waals surface area contributed by atoms with E-state index in [1.54, 1.807) is 0 Å². The molecule has 6 heteroatoms. The van der Waals surface area contributed by atoms with Crippen LogP contribution in [-0.2, 0) is 9.59 Å². The van der Waals surface area contributed by atoms with Gasteiger partial charge in [-0.25, -0.2) is 0 Å². The summed E-state index contributed by atoms with van der Waals surface area (Å²) in [6.45, 7) is 4.01. The Kier molecular flexibility index (Phi) is 4.98. The number of piperidine rings is 1. The van der Waals surface area contributed by atoms with Gasteiger partial charge in [0.15, 0.2) is 11.5 Å². The largest absolute Gasteiger partial charge is 0.482 e. The molecular formula is C21H28N2O4. The smallest absolute Gasteiger partial charge is 0.265 e. The van der Waals surface area contributed by atoms with Crippen LogP contribution in [0.25, 0.3) is 0 Å². The summed E-state index contributed by atoms with van der Waals surface area (Å²) in [7, 11) is 0. The number of para-hydroxylation sites is 2. The average Bonchev–Trinajstić information content (AvgIpc) is 2.66. The van der Waals surface area contributed by atoms with Crippen LogP contribution in [0, 0.1) is 11.8 Å². The Morgan fingerprint density at radius 2 is 1.96 bits per heavy atom. The van der Waals surface area contributed by atoms with Crippen LogP contribution in [0.4, 0.5) is 0 Å². The highest BCUT2D eigenvalue weighted by Crippen LogP contribution is 2.37. The summed E-state index contributed by atoms with van der Waals surface area (Å²) in [4.78, 5) is 24.8. The zero-order valence-electron chi connectivity index (χ0n) is 15.9. The molecule has 1 aromatic rings. The second kappa shape index (κ2) is 7.41. The zero-order valence-corrected chi connectivity index (χ0v) is 15.9. The van der Waals surface area contributed by atoms with Crippen molar-refractivity contribution in [1.82, 2.24) is 10.6 Å². The molecule has 2 amide bonds. The SMILES string of the molecule is CCC1CC(=O)NC2CC(NC(=O)C3Oc4ccccc4OC3C)CCC12. The van der Waals surface area contributed by atoms with Crippen LogP contribution in [-0.4, -0.2) is 36.1 Å². The van der Waals surface area contributed by atoms with Crippen LogP contribution in [0.1, 0.15) is 46.0 Å². The average molecular weight is 372 g/mol. The zero-order chi connectivity index (χ0) is 19.0. The first-order valence-electron chi connectivity index (χ1n) is 10.1. The van der Waals surface area contributed by atoms with Crippen molar-refractivity contribution in [3.8, 4) is 11.5 Å². The molecule has 6 atom stereocenters. The number of hydrogen-bond acceptors (Lipinski definition) is 4. The van der Waals surface area contributed by atoms with Crippen molar-refractivity contribution >= 4 is 11.8 Å². The standard InChI is InChI=1S/C21H28N2O4/c1-3-13-10-19(24)23-16-11-14(8-9-15(13)16)22-21(25)20-12(2)26-17-6-4-5-7-18(17)27-20/h4-7,12-16,20H,3,8-11H2,1-2H3,(H,22,25)(H,23,24). The molecule has 1 saturated carbocycles. The van der Waals surface area contributed by atoms with Crippen molar-refractivity contribution in [2.24, 2.45) is 11.8 Å². The lowest BCUT2D eigenvalue weighted by molar-refractivity contribution is -0.134. The van der Waals surface area contributed by atoms with Gasteiger partial charge in [-0.1, -0.05) is 25.5 Å². The van der Waals surface area contributed by atoms with Crippen molar-refractivity contribution in [1.29, 1.82) is 0 Å². The van der Waals surface area contributed by atoms with Crippen LogP contribution in [0.5, 0.6) is 11.5 Å². The number of fused-ring (bicyclic) bond motifs is 2. The van der Waals surface area contributed by atoms with Crippen LogP contribution < -0.4 is 20.1 Å². The highest BCUT2D eigenvalue weighted by atomic mass is 16.6. The number of amides is 2. The van der Waals surface area contributed by atoms with Gasteiger partial charge in [-0.05, 0) is 50.2 Å². The van der Waals surface area contributed by atoms with Gasteiger partial charge in [0, 0.05) is 18.5 Å². The van der Waals surface area contributed by atoms with Crippen LogP contribution >= 0.6 is 0 Å². The van der Waals surface area contributed by atoms with E-state index in [9.17, 15) is 9.59 Å². The predicted octanol–water partition coefficient (Wildman–Crippen LogP) is 2.41. The summed E-state index contributed by atoms with van der Waals surface area (Å²) >= 11 is 0. The number of carbonyl (C=O) groups is 2. The molecule has 4 rings (SSSR count). The van der Waals surface area contributed by atoms with E-state index in [1.165, 1.54) is 0 Å². The van der Waals surface area contributed by atoms with Crippen LogP contribution in [0.15, 0.2) is 24.3 Å². The van der Waals surface area contributed by atoms with Gasteiger partial charge < -0.3 is 20.1 Å². The maximum atomic E-state index is 12.8. The number of nitrogens with one attached hydrogen (secondary N) is 2. The Morgan fingerprint density at radius 1 is 1.22 bits per heavy atom. The Morgan fingerprint density at radius 3 is 2.70 bits per heavy atom. The molecule has 1 saturated heterocycles. The van der Waals surface area contributed by atoms with E-state index in [0.29, 0.717) is 29.8 Å². The number of benzene rings is 1. The molecule has 0 bridgehead atoms. The molecule has 1 aliphatic carbocycles. The lowest BCUT2D eigenvalue weighted by Gasteiger charge is -2.44. The van der Waals surface area contributed by atoms with E-state index in [0.717, 1.165) is 25.7 Å². The summed E-state index contributed by atoms with van der Waals surface area (Å²) in [5.41, 5.74) is 0. The summed E-state index contributed by atoms with van der Waals surface area (Å²) in [6, 6.07) is 7.63. The minimum Gasteiger partial charge on any atom is -0.482 e. The van der Waals surface area contributed by atoms with E-state index in [4.69, 9.17) is 9.47 Å². The van der Waals surface area contributed by atoms with Gasteiger partial charge >= 0.3 is 0 Å². The van der Waals surface area contributed by atoms with Gasteiger partial charge in [-0.15, -0.1) is 0 Å². The number of ether oxygens (including phenoxy) is 2. The van der Waals surface area contributed by atoms with Crippen molar-refractivity contribution in [3.63, 3.8) is 0 Å². The minimum atomic E-state index is -0.665. The molecule has 0 spiro atoms. The van der Waals surface area contributed by atoms with Gasteiger partial charge in [0.05, 0.1) is 0 Å². The van der Waals surface area contributed by atoms with E-state index >= 15 is 0 Å². The first-order chi connectivity index (χ1) is 13.0. The molecule has 27 heavy (non-hydrogen) atoms. The third-order valence-corrected chi connectivity index (χ3v) is 6.27. The monoisotopic (exact) mass is 372 g/mol. The molecule has 2 heterocycles. The highest BCUT2D eigenvalue weighted by Gasteiger charge is 2.41. The lowest BCUT2D eigenvalue weighted by Crippen LogP contribution is -2.57. The molecule has 2 N–H and O–H groups in total. The second-order valence-corrected chi connectivity index (χ2v) is 8.04. The maximum Gasteiger partial charge on any atom is 0.265 e. The van der Waals surface area contributed by atoms with Crippen molar-refractivity contribution in [2.45, 2.75) is 70.2 Å². The molecule has 0 radical (unpaired) electrons. The van der Waals surface area contributed by atoms with Crippen LogP contribution in [0.2, 0.25) is 0 Å². The third-order valence-electron chi connectivity index (χ3n) is 6.27. The number of carbonyl (C=O) groups excluding carboxylic acids is 2. The molecule has 1 aromatic carbocycles. The Labute approximate surface area is 160 Å².